The van der Waals surface area contributed by atoms with Crippen LogP contribution >= 0.6 is 0 Å². The molecular formula is C21H23F2N3O3. The van der Waals surface area contributed by atoms with Crippen LogP contribution in [-0.2, 0) is 27.8 Å². The van der Waals surface area contributed by atoms with Crippen LogP contribution in [0.5, 0.6) is 0 Å². The summed E-state index contributed by atoms with van der Waals surface area (Å²) in [6.07, 6.45) is 0. The Morgan fingerprint density at radius 2 is 1.93 bits per heavy atom. The Labute approximate surface area is 168 Å². The molecule has 0 unspecified atom stereocenters. The van der Waals surface area contributed by atoms with E-state index in [-0.39, 0.29) is 17.9 Å². The normalized spacial score (nSPS) is 11.9. The van der Waals surface area contributed by atoms with Gasteiger partial charge in [0.15, 0.2) is 5.71 Å². The Bertz CT molecular complexity index is 943. The van der Waals surface area contributed by atoms with Gasteiger partial charge in [-0.05, 0) is 43.2 Å². The van der Waals surface area contributed by atoms with Crippen molar-refractivity contribution in [3.63, 3.8) is 0 Å². The van der Waals surface area contributed by atoms with E-state index >= 15 is 0 Å². The van der Waals surface area contributed by atoms with Crippen LogP contribution in [0.2, 0.25) is 0 Å². The molecule has 29 heavy (non-hydrogen) atoms. The van der Waals surface area contributed by atoms with E-state index in [1.54, 1.807) is 19.1 Å². The van der Waals surface area contributed by atoms with Crippen molar-refractivity contribution in [2.75, 3.05) is 14.2 Å². The molecule has 0 aliphatic heterocycles. The highest BCUT2D eigenvalue weighted by Gasteiger charge is 2.19. The van der Waals surface area contributed by atoms with Crippen molar-refractivity contribution in [2.45, 2.75) is 27.1 Å². The molecule has 2 rings (SSSR count). The highest BCUT2D eigenvalue weighted by molar-refractivity contribution is 6.45. The van der Waals surface area contributed by atoms with Crippen LogP contribution in [-0.4, -0.2) is 31.5 Å². The third kappa shape index (κ3) is 5.37. The van der Waals surface area contributed by atoms with Crippen molar-refractivity contribution in [1.82, 2.24) is 5.32 Å². The van der Waals surface area contributed by atoms with Gasteiger partial charge in [0.2, 0.25) is 0 Å². The Morgan fingerprint density at radius 1 is 1.17 bits per heavy atom. The standard InChI is InChI=1S/C21H23F2N3O3/c1-13-6-5-7-18(20(26-28-4)21(27)24-3)19(13)12-29-25-14(2)17-9-8-16(23)10-15(17)11-22/h5-10H,11-12H2,1-4H3,(H,24,27)/b25-14+,26-20+. The zero-order valence-electron chi connectivity index (χ0n) is 16.8. The van der Waals surface area contributed by atoms with E-state index in [0.717, 1.165) is 11.6 Å². The molecule has 0 atom stereocenters. The summed E-state index contributed by atoms with van der Waals surface area (Å²) in [6, 6.07) is 9.22. The van der Waals surface area contributed by atoms with Gasteiger partial charge in [0, 0.05) is 23.7 Å². The lowest BCUT2D eigenvalue weighted by molar-refractivity contribution is -0.114. The SMILES string of the molecule is CNC(=O)/C(=N/OC)c1cccc(C)c1CO/N=C(\C)c1ccc(F)cc1CF. The summed E-state index contributed by atoms with van der Waals surface area (Å²) < 4.78 is 26.5. The van der Waals surface area contributed by atoms with Gasteiger partial charge in [-0.15, -0.1) is 0 Å². The number of hydrogen-bond acceptors (Lipinski definition) is 5. The number of benzene rings is 2. The largest absolute Gasteiger partial charge is 0.398 e. The molecular weight excluding hydrogens is 380 g/mol. The molecule has 0 fully saturated rings. The number of carbonyl (C=O) groups excluding carboxylic acids is 1. The molecule has 0 aromatic heterocycles. The Morgan fingerprint density at radius 3 is 2.59 bits per heavy atom. The molecule has 0 saturated heterocycles. The topological polar surface area (TPSA) is 72.3 Å². The van der Waals surface area contributed by atoms with Crippen molar-refractivity contribution in [2.24, 2.45) is 10.3 Å². The molecule has 1 amide bonds. The maximum atomic E-state index is 13.3. The first-order valence-corrected chi connectivity index (χ1v) is 8.86. The van der Waals surface area contributed by atoms with Gasteiger partial charge in [-0.1, -0.05) is 28.5 Å². The first-order valence-electron chi connectivity index (χ1n) is 8.86. The molecule has 0 spiro atoms. The van der Waals surface area contributed by atoms with Crippen molar-refractivity contribution >= 4 is 17.3 Å². The zero-order chi connectivity index (χ0) is 21.4. The number of aryl methyl sites for hydroxylation is 1. The van der Waals surface area contributed by atoms with Gasteiger partial charge >= 0.3 is 0 Å². The third-order valence-corrected chi connectivity index (χ3v) is 4.30. The second kappa shape index (κ2) is 10.3. The van der Waals surface area contributed by atoms with Gasteiger partial charge in [0.1, 0.15) is 26.2 Å². The summed E-state index contributed by atoms with van der Waals surface area (Å²) in [5.74, 6) is -0.920. The van der Waals surface area contributed by atoms with E-state index < -0.39 is 18.4 Å². The molecule has 2 aromatic carbocycles. The fourth-order valence-corrected chi connectivity index (χ4v) is 2.81. The average Bonchev–Trinajstić information content (AvgIpc) is 2.72. The van der Waals surface area contributed by atoms with Gasteiger partial charge in [-0.3, -0.25) is 4.79 Å². The minimum Gasteiger partial charge on any atom is -0.398 e. The number of carbonyl (C=O) groups is 1. The Hall–Kier alpha value is -3.29. The minimum absolute atomic E-state index is 0.0469. The summed E-state index contributed by atoms with van der Waals surface area (Å²) in [5.41, 5.74) is 3.29. The Balaban J connectivity index is 2.30. The third-order valence-electron chi connectivity index (χ3n) is 4.30. The smallest absolute Gasteiger partial charge is 0.273 e. The summed E-state index contributed by atoms with van der Waals surface area (Å²) in [5, 5.41) is 10.4. The van der Waals surface area contributed by atoms with Crippen molar-refractivity contribution < 1.29 is 23.3 Å². The molecule has 8 heteroatoms. The van der Waals surface area contributed by atoms with Crippen LogP contribution < -0.4 is 5.32 Å². The predicted molar refractivity (Wildman–Crippen MR) is 107 cm³/mol. The fraction of sp³-hybridized carbons (Fsp3) is 0.286. The van der Waals surface area contributed by atoms with E-state index in [2.05, 4.69) is 15.6 Å². The van der Waals surface area contributed by atoms with Gasteiger partial charge in [-0.2, -0.15) is 0 Å². The number of amides is 1. The van der Waals surface area contributed by atoms with Gasteiger partial charge in [0.25, 0.3) is 5.91 Å². The molecule has 0 heterocycles. The number of alkyl halides is 1. The van der Waals surface area contributed by atoms with Crippen LogP contribution in [0.3, 0.4) is 0 Å². The molecule has 0 saturated carbocycles. The lowest BCUT2D eigenvalue weighted by atomic mass is 9.98. The van der Waals surface area contributed by atoms with Crippen LogP contribution in [0.25, 0.3) is 0 Å². The average molecular weight is 403 g/mol. The molecule has 0 aliphatic carbocycles. The summed E-state index contributed by atoms with van der Waals surface area (Å²) in [6.45, 7) is 2.75. The van der Waals surface area contributed by atoms with Crippen LogP contribution in [0.15, 0.2) is 46.7 Å². The van der Waals surface area contributed by atoms with Crippen LogP contribution in [0, 0.1) is 12.7 Å². The monoisotopic (exact) mass is 403 g/mol. The molecule has 154 valence electrons. The number of nitrogens with one attached hydrogen (secondary N) is 1. The molecule has 1 N–H and O–H groups in total. The summed E-state index contributed by atoms with van der Waals surface area (Å²) in [7, 11) is 2.85. The zero-order valence-corrected chi connectivity index (χ0v) is 16.8. The number of rotatable bonds is 8. The highest BCUT2D eigenvalue weighted by Crippen LogP contribution is 2.19. The van der Waals surface area contributed by atoms with E-state index in [4.69, 9.17) is 9.68 Å². The summed E-state index contributed by atoms with van der Waals surface area (Å²) in [4.78, 5) is 22.5. The number of hydrogen-bond donors (Lipinski definition) is 1. The van der Waals surface area contributed by atoms with Crippen LogP contribution in [0.1, 0.15) is 34.7 Å². The summed E-state index contributed by atoms with van der Waals surface area (Å²) >= 11 is 0. The molecule has 2 aromatic rings. The number of nitrogens with zero attached hydrogens (tertiary/aromatic N) is 2. The fourth-order valence-electron chi connectivity index (χ4n) is 2.81. The number of halogens is 2. The van der Waals surface area contributed by atoms with E-state index in [1.807, 2.05) is 13.0 Å². The quantitative estimate of drug-likeness (QED) is 0.540. The molecule has 0 radical (unpaired) electrons. The molecule has 0 bridgehead atoms. The van der Waals surface area contributed by atoms with Crippen molar-refractivity contribution in [3.05, 3.63) is 70.0 Å². The van der Waals surface area contributed by atoms with Crippen molar-refractivity contribution in [3.8, 4) is 0 Å². The van der Waals surface area contributed by atoms with E-state index in [0.29, 0.717) is 22.4 Å². The minimum atomic E-state index is -0.815. The predicted octanol–water partition coefficient (Wildman–Crippen LogP) is 3.64. The first kappa shape index (κ1) is 22.0. The van der Waals surface area contributed by atoms with Crippen LogP contribution in [0.4, 0.5) is 8.78 Å². The maximum Gasteiger partial charge on any atom is 0.273 e. The Kier molecular flexibility index (Phi) is 7.82. The molecule has 6 nitrogen and oxygen atoms in total. The lowest BCUT2D eigenvalue weighted by Crippen LogP contribution is -2.29. The molecule has 0 aliphatic rings. The first-order chi connectivity index (χ1) is 13.9. The number of oxime groups is 2. The lowest BCUT2D eigenvalue weighted by Gasteiger charge is -2.13. The van der Waals surface area contributed by atoms with Gasteiger partial charge in [-0.25, -0.2) is 8.78 Å². The van der Waals surface area contributed by atoms with E-state index in [9.17, 15) is 13.6 Å². The second-order valence-corrected chi connectivity index (χ2v) is 6.19. The van der Waals surface area contributed by atoms with Gasteiger partial charge < -0.3 is 15.0 Å². The van der Waals surface area contributed by atoms with Gasteiger partial charge in [0.05, 0.1) is 5.71 Å². The van der Waals surface area contributed by atoms with E-state index in [1.165, 1.54) is 26.3 Å². The highest BCUT2D eigenvalue weighted by atomic mass is 19.1. The van der Waals surface area contributed by atoms with Crippen molar-refractivity contribution in [1.29, 1.82) is 0 Å². The number of likely N-dealkylation sites (N-methyl/N-ethyl adjacent to an activating group) is 1. The maximum absolute atomic E-state index is 13.3. The second-order valence-electron chi connectivity index (χ2n) is 6.19.